The third kappa shape index (κ3) is 5.60. The van der Waals surface area contributed by atoms with Gasteiger partial charge in [0.2, 0.25) is 15.9 Å². The molecule has 1 N–H and O–H groups in total. The topological polar surface area (TPSA) is 75.7 Å². The Morgan fingerprint density at radius 3 is 2.40 bits per heavy atom. The summed E-state index contributed by atoms with van der Waals surface area (Å²) in [5.74, 6) is 0.273. The van der Waals surface area contributed by atoms with Crippen molar-refractivity contribution >= 4 is 44.2 Å². The highest BCUT2D eigenvalue weighted by Crippen LogP contribution is 2.19. The lowest BCUT2D eigenvalue weighted by Gasteiger charge is -2.22. The number of carbonyl (C=O) groups is 1. The number of ether oxygens (including phenoxy) is 1. The number of hydrogen-bond acceptors (Lipinski definition) is 4. The Kier molecular flexibility index (Phi) is 6.65. The van der Waals surface area contributed by atoms with Gasteiger partial charge in [-0.15, -0.1) is 0 Å². The summed E-state index contributed by atoms with van der Waals surface area (Å²) in [6, 6.07) is 14.3. The number of nitrogens with zero attached hydrogens (tertiary/aromatic N) is 1. The van der Waals surface area contributed by atoms with Crippen molar-refractivity contribution in [2.24, 2.45) is 0 Å². The molecule has 0 unspecified atom stereocenters. The van der Waals surface area contributed by atoms with E-state index in [1.54, 1.807) is 37.4 Å². The van der Waals surface area contributed by atoms with E-state index in [1.807, 2.05) is 18.2 Å². The predicted octanol–water partition coefficient (Wildman–Crippen LogP) is 2.38. The second-order valence-corrected chi connectivity index (χ2v) is 8.49. The molecule has 0 bridgehead atoms. The molecule has 2 aromatic rings. The van der Waals surface area contributed by atoms with Crippen LogP contribution in [0.25, 0.3) is 0 Å². The summed E-state index contributed by atoms with van der Waals surface area (Å²) in [7, 11) is -2.02. The molecule has 0 aliphatic heterocycles. The minimum absolute atomic E-state index is 0.257. The van der Waals surface area contributed by atoms with Crippen LogP contribution in [0.3, 0.4) is 0 Å². The number of hydrogen-bond donors (Lipinski definition) is 1. The van der Waals surface area contributed by atoms with E-state index in [-0.39, 0.29) is 13.1 Å². The van der Waals surface area contributed by atoms with Crippen LogP contribution in [0.4, 0.5) is 5.69 Å². The number of benzene rings is 2. The summed E-state index contributed by atoms with van der Waals surface area (Å²) in [5.41, 5.74) is 1.27. The van der Waals surface area contributed by atoms with Crippen molar-refractivity contribution in [3.05, 3.63) is 57.7 Å². The molecule has 0 saturated heterocycles. The van der Waals surface area contributed by atoms with E-state index < -0.39 is 15.9 Å². The van der Waals surface area contributed by atoms with Crippen LogP contribution in [0.1, 0.15) is 5.56 Å². The van der Waals surface area contributed by atoms with Crippen LogP contribution in [-0.2, 0) is 21.4 Å². The Hall–Kier alpha value is -1.81. The van der Waals surface area contributed by atoms with Gasteiger partial charge in [0.25, 0.3) is 0 Å². The van der Waals surface area contributed by atoms with Gasteiger partial charge in [0.15, 0.2) is 0 Å². The van der Waals surface area contributed by atoms with Gasteiger partial charge < -0.3 is 10.1 Å². The molecule has 2 aromatic carbocycles. The molecule has 0 heterocycles. The van der Waals surface area contributed by atoms with E-state index in [0.29, 0.717) is 11.4 Å². The van der Waals surface area contributed by atoms with Gasteiger partial charge in [0.1, 0.15) is 12.3 Å². The molecule has 8 heteroatoms. The molecule has 1 amide bonds. The van der Waals surface area contributed by atoms with Crippen LogP contribution in [0, 0.1) is 3.57 Å². The van der Waals surface area contributed by atoms with Crippen molar-refractivity contribution in [2.75, 3.05) is 24.2 Å². The highest BCUT2D eigenvalue weighted by molar-refractivity contribution is 14.1. The first-order valence-electron chi connectivity index (χ1n) is 7.43. The minimum atomic E-state index is -3.58. The quantitative estimate of drug-likeness (QED) is 0.626. The number of sulfonamides is 1. The van der Waals surface area contributed by atoms with E-state index in [2.05, 4.69) is 27.9 Å². The highest BCUT2D eigenvalue weighted by atomic mass is 127. The predicted molar refractivity (Wildman–Crippen MR) is 106 cm³/mol. The van der Waals surface area contributed by atoms with Gasteiger partial charge in [0.05, 0.1) is 19.1 Å². The van der Waals surface area contributed by atoms with Crippen molar-refractivity contribution in [2.45, 2.75) is 6.54 Å². The lowest BCUT2D eigenvalue weighted by molar-refractivity contribution is -0.119. The average Bonchev–Trinajstić information content (AvgIpc) is 2.58. The Balaban J connectivity index is 2.08. The second-order valence-electron chi connectivity index (χ2n) is 5.33. The van der Waals surface area contributed by atoms with E-state index in [1.165, 1.54) is 0 Å². The summed E-state index contributed by atoms with van der Waals surface area (Å²) in [6.45, 7) is -0.0261. The first kappa shape index (κ1) is 19.5. The average molecular weight is 474 g/mol. The molecule has 2 rings (SSSR count). The Morgan fingerprint density at radius 2 is 1.80 bits per heavy atom. The maximum atomic E-state index is 12.3. The van der Waals surface area contributed by atoms with Crippen LogP contribution in [-0.4, -0.2) is 34.2 Å². The third-order valence-corrected chi connectivity index (χ3v) is 5.33. The number of methoxy groups -OCH3 is 1. The number of para-hydroxylation sites is 1. The van der Waals surface area contributed by atoms with Crippen LogP contribution >= 0.6 is 22.6 Å². The van der Waals surface area contributed by atoms with Gasteiger partial charge in [-0.1, -0.05) is 18.2 Å². The molecule has 0 saturated carbocycles. The summed E-state index contributed by atoms with van der Waals surface area (Å²) >= 11 is 2.13. The minimum Gasteiger partial charge on any atom is -0.496 e. The molecular formula is C17H19IN2O4S. The molecule has 0 aliphatic carbocycles. The maximum Gasteiger partial charge on any atom is 0.241 e. The summed E-state index contributed by atoms with van der Waals surface area (Å²) < 4.78 is 31.4. The summed E-state index contributed by atoms with van der Waals surface area (Å²) in [6.07, 6.45) is 1.08. The summed E-state index contributed by atoms with van der Waals surface area (Å²) in [4.78, 5) is 12.3. The molecule has 0 radical (unpaired) electrons. The van der Waals surface area contributed by atoms with Crippen LogP contribution in [0.2, 0.25) is 0 Å². The number of halogens is 1. The van der Waals surface area contributed by atoms with Gasteiger partial charge in [-0.25, -0.2) is 8.42 Å². The molecule has 0 fully saturated rings. The number of carbonyl (C=O) groups excluding carboxylic acids is 1. The standard InChI is InChI=1S/C17H19IN2O4S/c1-24-16-6-4-3-5-13(16)11-19-17(21)12-20(25(2,22)23)15-9-7-14(18)8-10-15/h3-10H,11-12H2,1-2H3,(H,19,21). The molecular weight excluding hydrogens is 455 g/mol. The largest absolute Gasteiger partial charge is 0.496 e. The molecule has 0 atom stereocenters. The van der Waals surface area contributed by atoms with Gasteiger partial charge in [-0.05, 0) is 52.9 Å². The Bertz CT molecular complexity index is 838. The number of rotatable bonds is 7. The lowest BCUT2D eigenvalue weighted by Crippen LogP contribution is -2.40. The van der Waals surface area contributed by atoms with Gasteiger partial charge >= 0.3 is 0 Å². The molecule has 0 spiro atoms. The fraction of sp³-hybridized carbons (Fsp3) is 0.235. The molecule has 25 heavy (non-hydrogen) atoms. The van der Waals surface area contributed by atoms with E-state index in [9.17, 15) is 13.2 Å². The lowest BCUT2D eigenvalue weighted by atomic mass is 10.2. The van der Waals surface area contributed by atoms with Crippen molar-refractivity contribution in [1.29, 1.82) is 0 Å². The first-order valence-corrected chi connectivity index (χ1v) is 10.4. The summed E-state index contributed by atoms with van der Waals surface area (Å²) in [5, 5.41) is 2.73. The van der Waals surface area contributed by atoms with Crippen LogP contribution < -0.4 is 14.4 Å². The van der Waals surface area contributed by atoms with Crippen molar-refractivity contribution in [1.82, 2.24) is 5.32 Å². The normalized spacial score (nSPS) is 11.0. The SMILES string of the molecule is COc1ccccc1CNC(=O)CN(c1ccc(I)cc1)S(C)(=O)=O. The Morgan fingerprint density at radius 1 is 1.16 bits per heavy atom. The molecule has 134 valence electrons. The van der Waals surface area contributed by atoms with Gasteiger partial charge in [0, 0.05) is 15.7 Å². The third-order valence-electron chi connectivity index (χ3n) is 3.47. The molecule has 0 aliphatic rings. The smallest absolute Gasteiger partial charge is 0.241 e. The monoisotopic (exact) mass is 474 g/mol. The van der Waals surface area contributed by atoms with Crippen molar-refractivity contribution in [3.8, 4) is 5.75 Å². The fourth-order valence-electron chi connectivity index (χ4n) is 2.24. The maximum absolute atomic E-state index is 12.3. The zero-order chi connectivity index (χ0) is 18.4. The number of amides is 1. The number of anilines is 1. The first-order chi connectivity index (χ1) is 11.8. The van der Waals surface area contributed by atoms with Crippen molar-refractivity contribution in [3.63, 3.8) is 0 Å². The second kappa shape index (κ2) is 8.52. The van der Waals surface area contributed by atoms with Crippen LogP contribution in [0.5, 0.6) is 5.75 Å². The van der Waals surface area contributed by atoms with Crippen molar-refractivity contribution < 1.29 is 17.9 Å². The van der Waals surface area contributed by atoms with Gasteiger partial charge in [-0.3, -0.25) is 9.10 Å². The van der Waals surface area contributed by atoms with E-state index in [4.69, 9.17) is 4.74 Å². The zero-order valence-corrected chi connectivity index (χ0v) is 16.9. The molecule has 0 aromatic heterocycles. The zero-order valence-electron chi connectivity index (χ0n) is 13.9. The Labute approximate surface area is 161 Å². The fourth-order valence-corrected chi connectivity index (χ4v) is 3.45. The number of nitrogens with one attached hydrogen (secondary N) is 1. The van der Waals surface area contributed by atoms with Gasteiger partial charge in [-0.2, -0.15) is 0 Å². The van der Waals surface area contributed by atoms with E-state index in [0.717, 1.165) is 19.7 Å². The van der Waals surface area contributed by atoms with E-state index >= 15 is 0 Å². The highest BCUT2D eigenvalue weighted by Gasteiger charge is 2.20. The van der Waals surface area contributed by atoms with Crippen LogP contribution in [0.15, 0.2) is 48.5 Å². The molecule has 6 nitrogen and oxygen atoms in total.